The van der Waals surface area contributed by atoms with Crippen LogP contribution >= 0.6 is 0 Å². The van der Waals surface area contributed by atoms with Crippen LogP contribution in [0.1, 0.15) is 37.3 Å². The van der Waals surface area contributed by atoms with E-state index >= 15 is 0 Å². The van der Waals surface area contributed by atoms with Crippen LogP contribution in [0.25, 0.3) is 0 Å². The Balaban J connectivity index is 1.36. The quantitative estimate of drug-likeness (QED) is 0.720. The van der Waals surface area contributed by atoms with E-state index in [-0.39, 0.29) is 17.9 Å². The van der Waals surface area contributed by atoms with E-state index in [0.29, 0.717) is 6.04 Å². The molecule has 1 amide bonds. The average molecular weight is 437 g/mol. The molecule has 1 aromatic carbocycles. The molecule has 0 saturated carbocycles. The highest BCUT2D eigenvalue weighted by Gasteiger charge is 2.29. The monoisotopic (exact) mass is 436 g/mol. The molecule has 2 saturated heterocycles. The molecule has 1 N–H and O–H groups in total. The van der Waals surface area contributed by atoms with Gasteiger partial charge in [-0.3, -0.25) is 4.79 Å². The average Bonchev–Trinajstić information content (AvgIpc) is 2.85. The summed E-state index contributed by atoms with van der Waals surface area (Å²) in [6, 6.07) is 12.8. The lowest BCUT2D eigenvalue weighted by Gasteiger charge is -2.37. The molecular formula is C25H36N6O. The third kappa shape index (κ3) is 5.84. The van der Waals surface area contributed by atoms with E-state index in [4.69, 9.17) is 0 Å². The van der Waals surface area contributed by atoms with E-state index in [2.05, 4.69) is 68.3 Å². The maximum absolute atomic E-state index is 13.2. The van der Waals surface area contributed by atoms with E-state index in [1.165, 1.54) is 18.4 Å². The van der Waals surface area contributed by atoms with Gasteiger partial charge in [0.05, 0.1) is 6.04 Å². The number of hydrogen-bond acceptors (Lipinski definition) is 6. The zero-order chi connectivity index (χ0) is 22.3. The first kappa shape index (κ1) is 22.7. The van der Waals surface area contributed by atoms with Gasteiger partial charge in [-0.1, -0.05) is 30.3 Å². The lowest BCUT2D eigenvalue weighted by Crippen LogP contribution is -2.47. The topological polar surface area (TPSA) is 64.6 Å². The number of carbonyl (C=O) groups excluding carboxylic acids is 1. The molecule has 1 aromatic heterocycles. The summed E-state index contributed by atoms with van der Waals surface area (Å²) in [6.45, 7) is 4.74. The zero-order valence-electron chi connectivity index (χ0n) is 19.4. The fraction of sp³-hybridized carbons (Fsp3) is 0.560. The lowest BCUT2D eigenvalue weighted by atomic mass is 9.95. The zero-order valence-corrected chi connectivity index (χ0v) is 19.4. The van der Waals surface area contributed by atoms with E-state index in [0.717, 1.165) is 51.5 Å². The number of hydrogen-bond donors (Lipinski definition) is 1. The van der Waals surface area contributed by atoms with Crippen molar-refractivity contribution in [2.24, 2.45) is 5.92 Å². The first-order valence-corrected chi connectivity index (χ1v) is 11.9. The number of nitrogens with one attached hydrogen (secondary N) is 1. The summed E-state index contributed by atoms with van der Waals surface area (Å²) in [5, 5.41) is 3.40. The van der Waals surface area contributed by atoms with Gasteiger partial charge >= 0.3 is 0 Å². The second-order valence-corrected chi connectivity index (χ2v) is 9.26. The van der Waals surface area contributed by atoms with Crippen molar-refractivity contribution in [3.8, 4) is 0 Å². The Kier molecular flexibility index (Phi) is 7.71. The van der Waals surface area contributed by atoms with Crippen molar-refractivity contribution in [3.63, 3.8) is 0 Å². The van der Waals surface area contributed by atoms with Crippen LogP contribution in [0.5, 0.6) is 0 Å². The number of carbonyl (C=O) groups is 1. The van der Waals surface area contributed by atoms with Gasteiger partial charge in [-0.2, -0.15) is 0 Å². The molecule has 0 spiro atoms. The third-order valence-corrected chi connectivity index (χ3v) is 7.00. The maximum Gasteiger partial charge on any atom is 0.225 e. The molecule has 2 aliphatic rings. The van der Waals surface area contributed by atoms with Gasteiger partial charge in [0.2, 0.25) is 11.9 Å². The summed E-state index contributed by atoms with van der Waals surface area (Å²) >= 11 is 0. The lowest BCUT2D eigenvalue weighted by molar-refractivity contribution is -0.126. The van der Waals surface area contributed by atoms with Gasteiger partial charge in [0, 0.05) is 44.0 Å². The minimum atomic E-state index is 0.00356. The number of amides is 1. The smallest absolute Gasteiger partial charge is 0.225 e. The fourth-order valence-electron chi connectivity index (χ4n) is 4.88. The van der Waals surface area contributed by atoms with Crippen LogP contribution in [-0.2, 0) is 4.79 Å². The van der Waals surface area contributed by atoms with E-state index < -0.39 is 0 Å². The van der Waals surface area contributed by atoms with Crippen molar-refractivity contribution in [3.05, 3.63) is 54.4 Å². The Morgan fingerprint density at radius 1 is 1.03 bits per heavy atom. The molecule has 2 aliphatic heterocycles. The highest BCUT2D eigenvalue weighted by molar-refractivity contribution is 5.79. The molecule has 0 bridgehead atoms. The second-order valence-electron chi connectivity index (χ2n) is 9.26. The molecule has 0 aliphatic carbocycles. The molecule has 1 atom stereocenters. The highest BCUT2D eigenvalue weighted by atomic mass is 16.2. The largest absolute Gasteiger partial charge is 0.348 e. The Bertz CT molecular complexity index is 832. The Labute approximate surface area is 191 Å². The minimum Gasteiger partial charge on any atom is -0.348 e. The molecule has 4 rings (SSSR count). The van der Waals surface area contributed by atoms with Gasteiger partial charge in [0.25, 0.3) is 0 Å². The second kappa shape index (κ2) is 10.9. The van der Waals surface area contributed by atoms with Gasteiger partial charge in [-0.15, -0.1) is 0 Å². The van der Waals surface area contributed by atoms with E-state index in [1.54, 1.807) is 12.4 Å². The Hall–Kier alpha value is -2.51. The summed E-state index contributed by atoms with van der Waals surface area (Å²) in [7, 11) is 4.40. The summed E-state index contributed by atoms with van der Waals surface area (Å²) in [5.41, 5.74) is 1.18. The molecule has 3 heterocycles. The molecule has 7 nitrogen and oxygen atoms in total. The number of nitrogens with zero attached hydrogens (tertiary/aromatic N) is 5. The highest BCUT2D eigenvalue weighted by Crippen LogP contribution is 2.23. The number of aromatic nitrogens is 2. The first-order valence-electron chi connectivity index (χ1n) is 11.9. The number of benzene rings is 1. The van der Waals surface area contributed by atoms with Gasteiger partial charge < -0.3 is 20.0 Å². The van der Waals surface area contributed by atoms with Gasteiger partial charge in [0.15, 0.2) is 0 Å². The number of likely N-dealkylation sites (tertiary alicyclic amines) is 1. The van der Waals surface area contributed by atoms with Crippen LogP contribution in [-0.4, -0.2) is 78.5 Å². The molecule has 7 heteroatoms. The summed E-state index contributed by atoms with van der Waals surface area (Å²) in [4.78, 5) is 28.9. The van der Waals surface area contributed by atoms with Crippen LogP contribution in [0.3, 0.4) is 0 Å². The van der Waals surface area contributed by atoms with Crippen molar-refractivity contribution < 1.29 is 4.79 Å². The van der Waals surface area contributed by atoms with Crippen molar-refractivity contribution in [1.82, 2.24) is 25.1 Å². The number of likely N-dealkylation sites (N-methyl/N-ethyl adjacent to an activating group) is 1. The normalized spacial score (nSPS) is 19.8. The van der Waals surface area contributed by atoms with E-state index in [1.807, 2.05) is 12.1 Å². The summed E-state index contributed by atoms with van der Waals surface area (Å²) in [5.74, 6) is 0.965. The van der Waals surface area contributed by atoms with E-state index in [9.17, 15) is 4.79 Å². The number of anilines is 1. The molecular weight excluding hydrogens is 400 g/mol. The minimum absolute atomic E-state index is 0.00356. The van der Waals surface area contributed by atoms with Crippen LogP contribution in [0.2, 0.25) is 0 Å². The Morgan fingerprint density at radius 3 is 2.34 bits per heavy atom. The fourth-order valence-corrected chi connectivity index (χ4v) is 4.88. The summed E-state index contributed by atoms with van der Waals surface area (Å²) in [6.07, 6.45) is 7.57. The van der Waals surface area contributed by atoms with Crippen molar-refractivity contribution in [2.75, 3.05) is 51.7 Å². The first-order chi connectivity index (χ1) is 15.6. The SMILES string of the molecule is CN1CCC(N(C)CC(NC(=O)C2CCN(c3ncccn3)CC2)c2ccccc2)CC1. The standard InChI is InChI=1S/C25H36N6O/c1-29-15-11-22(12-16-29)30(2)19-23(20-7-4-3-5-8-20)28-24(32)21-9-17-31(18-10-21)25-26-13-6-14-27-25/h3-8,13-14,21-23H,9-12,15-19H2,1-2H3,(H,28,32). The predicted octanol–water partition coefficient (Wildman–Crippen LogP) is 2.58. The van der Waals surface area contributed by atoms with Crippen LogP contribution < -0.4 is 10.2 Å². The van der Waals surface area contributed by atoms with Crippen LogP contribution in [0.4, 0.5) is 5.95 Å². The van der Waals surface area contributed by atoms with Crippen molar-refractivity contribution in [2.45, 2.75) is 37.8 Å². The van der Waals surface area contributed by atoms with Crippen LogP contribution in [0.15, 0.2) is 48.8 Å². The maximum atomic E-state index is 13.2. The van der Waals surface area contributed by atoms with Crippen molar-refractivity contribution >= 4 is 11.9 Å². The molecule has 1 unspecified atom stereocenters. The van der Waals surface area contributed by atoms with Gasteiger partial charge in [-0.25, -0.2) is 9.97 Å². The summed E-state index contributed by atoms with van der Waals surface area (Å²) < 4.78 is 0. The molecule has 32 heavy (non-hydrogen) atoms. The Morgan fingerprint density at radius 2 is 1.69 bits per heavy atom. The van der Waals surface area contributed by atoms with Gasteiger partial charge in [-0.05, 0) is 64.5 Å². The molecule has 172 valence electrons. The van der Waals surface area contributed by atoms with Crippen molar-refractivity contribution in [1.29, 1.82) is 0 Å². The third-order valence-electron chi connectivity index (χ3n) is 7.00. The van der Waals surface area contributed by atoms with Gasteiger partial charge in [0.1, 0.15) is 0 Å². The number of rotatable bonds is 7. The number of piperidine rings is 2. The predicted molar refractivity (Wildman–Crippen MR) is 127 cm³/mol. The molecule has 2 fully saturated rings. The molecule has 0 radical (unpaired) electrons. The van der Waals surface area contributed by atoms with Crippen LogP contribution in [0, 0.1) is 5.92 Å². The molecule has 2 aromatic rings.